The van der Waals surface area contributed by atoms with Crippen molar-refractivity contribution in [2.24, 2.45) is 0 Å². The Hall–Kier alpha value is -2.96. The van der Waals surface area contributed by atoms with Crippen molar-refractivity contribution in [3.05, 3.63) is 82.6 Å². The van der Waals surface area contributed by atoms with Crippen molar-refractivity contribution in [1.29, 1.82) is 0 Å². The zero-order valence-corrected chi connectivity index (χ0v) is 18.9. The minimum Gasteiger partial charge on any atom is -0.364 e. The van der Waals surface area contributed by atoms with Gasteiger partial charge in [-0.2, -0.15) is 0 Å². The van der Waals surface area contributed by atoms with Crippen LogP contribution in [0.4, 0.5) is 5.69 Å². The molecule has 0 fully saturated rings. The molecule has 160 valence electrons. The number of hydrogen-bond donors (Lipinski definition) is 1. The van der Waals surface area contributed by atoms with Crippen molar-refractivity contribution >= 4 is 33.0 Å². The summed E-state index contributed by atoms with van der Waals surface area (Å²) < 4.78 is 6.20. The first kappa shape index (κ1) is 21.3. The number of amides is 1. The SMILES string of the molecule is CC(C)c1sc2ccc(NC(=O)c3ccccc3)cc2c1CCN(C)Cc1cnoc1. The highest BCUT2D eigenvalue weighted by Gasteiger charge is 2.17. The molecule has 2 heterocycles. The number of rotatable bonds is 8. The molecule has 0 unspecified atom stereocenters. The van der Waals surface area contributed by atoms with Crippen LogP contribution in [0.15, 0.2) is 65.5 Å². The molecule has 2 aromatic carbocycles. The van der Waals surface area contributed by atoms with Gasteiger partial charge in [-0.25, -0.2) is 0 Å². The molecule has 31 heavy (non-hydrogen) atoms. The number of thiophene rings is 1. The fourth-order valence-corrected chi connectivity index (χ4v) is 5.00. The number of benzene rings is 2. The number of anilines is 1. The second-order valence-electron chi connectivity index (χ2n) is 8.15. The Bertz CT molecular complexity index is 1150. The number of nitrogens with zero attached hydrogens (tertiary/aromatic N) is 2. The van der Waals surface area contributed by atoms with Crippen LogP contribution < -0.4 is 5.32 Å². The molecule has 6 heteroatoms. The number of carbonyl (C=O) groups excluding carboxylic acids is 1. The number of nitrogens with one attached hydrogen (secondary N) is 1. The highest BCUT2D eigenvalue weighted by atomic mass is 32.1. The predicted molar refractivity (Wildman–Crippen MR) is 127 cm³/mol. The van der Waals surface area contributed by atoms with Crippen LogP contribution in [0, 0.1) is 0 Å². The fraction of sp³-hybridized carbons (Fsp3) is 0.280. The lowest BCUT2D eigenvalue weighted by Crippen LogP contribution is -2.20. The van der Waals surface area contributed by atoms with Gasteiger partial charge in [0.25, 0.3) is 5.91 Å². The van der Waals surface area contributed by atoms with Crippen LogP contribution in [-0.4, -0.2) is 29.6 Å². The van der Waals surface area contributed by atoms with E-state index in [4.69, 9.17) is 4.52 Å². The fourth-order valence-electron chi connectivity index (χ4n) is 3.76. The molecule has 4 rings (SSSR count). The van der Waals surface area contributed by atoms with Gasteiger partial charge < -0.3 is 14.7 Å². The average molecular weight is 434 g/mol. The molecular formula is C25H27N3O2S. The molecule has 0 aliphatic carbocycles. The van der Waals surface area contributed by atoms with E-state index in [1.165, 1.54) is 20.5 Å². The molecule has 0 spiro atoms. The smallest absolute Gasteiger partial charge is 0.255 e. The topological polar surface area (TPSA) is 58.4 Å². The zero-order valence-electron chi connectivity index (χ0n) is 18.1. The quantitative estimate of drug-likeness (QED) is 0.374. The Morgan fingerprint density at radius 1 is 1.19 bits per heavy atom. The summed E-state index contributed by atoms with van der Waals surface area (Å²) in [6.07, 6.45) is 4.40. The highest BCUT2D eigenvalue weighted by Crippen LogP contribution is 2.38. The molecule has 0 saturated carbocycles. The van der Waals surface area contributed by atoms with E-state index in [0.717, 1.165) is 30.8 Å². The van der Waals surface area contributed by atoms with Gasteiger partial charge in [0.05, 0.1) is 6.20 Å². The van der Waals surface area contributed by atoms with E-state index in [0.29, 0.717) is 11.5 Å². The van der Waals surface area contributed by atoms with Crippen LogP contribution >= 0.6 is 11.3 Å². The van der Waals surface area contributed by atoms with Gasteiger partial charge in [0.15, 0.2) is 0 Å². The maximum absolute atomic E-state index is 12.6. The van der Waals surface area contributed by atoms with Crippen molar-refractivity contribution in [2.45, 2.75) is 32.7 Å². The molecule has 1 amide bonds. The van der Waals surface area contributed by atoms with E-state index >= 15 is 0 Å². The summed E-state index contributed by atoms with van der Waals surface area (Å²) in [6, 6.07) is 15.5. The van der Waals surface area contributed by atoms with E-state index in [9.17, 15) is 4.79 Å². The van der Waals surface area contributed by atoms with E-state index in [2.05, 4.69) is 48.4 Å². The maximum atomic E-state index is 12.6. The third-order valence-electron chi connectivity index (χ3n) is 5.32. The Kier molecular flexibility index (Phi) is 6.49. The van der Waals surface area contributed by atoms with Crippen LogP contribution in [-0.2, 0) is 13.0 Å². The average Bonchev–Trinajstić information content (AvgIpc) is 3.40. The first-order valence-electron chi connectivity index (χ1n) is 10.5. The largest absolute Gasteiger partial charge is 0.364 e. The van der Waals surface area contributed by atoms with E-state index < -0.39 is 0 Å². The summed E-state index contributed by atoms with van der Waals surface area (Å²) in [5, 5.41) is 8.07. The zero-order chi connectivity index (χ0) is 21.8. The number of aromatic nitrogens is 1. The van der Waals surface area contributed by atoms with Crippen molar-refractivity contribution in [2.75, 3.05) is 18.9 Å². The number of carbonyl (C=O) groups is 1. The van der Waals surface area contributed by atoms with Crippen LogP contribution in [0.3, 0.4) is 0 Å². The van der Waals surface area contributed by atoms with E-state index in [-0.39, 0.29) is 5.91 Å². The van der Waals surface area contributed by atoms with Gasteiger partial charge in [0.2, 0.25) is 0 Å². The second kappa shape index (κ2) is 9.45. The Morgan fingerprint density at radius 3 is 2.71 bits per heavy atom. The first-order valence-corrected chi connectivity index (χ1v) is 11.3. The summed E-state index contributed by atoms with van der Waals surface area (Å²) in [5.41, 5.74) is 3.94. The normalized spacial score (nSPS) is 11.5. The summed E-state index contributed by atoms with van der Waals surface area (Å²) >= 11 is 1.86. The summed E-state index contributed by atoms with van der Waals surface area (Å²) in [5.74, 6) is 0.368. The summed E-state index contributed by atoms with van der Waals surface area (Å²) in [6.45, 7) is 6.22. The summed E-state index contributed by atoms with van der Waals surface area (Å²) in [7, 11) is 2.11. The highest BCUT2D eigenvalue weighted by molar-refractivity contribution is 7.19. The number of hydrogen-bond acceptors (Lipinski definition) is 5. The molecule has 0 bridgehead atoms. The van der Waals surface area contributed by atoms with Crippen LogP contribution in [0.25, 0.3) is 10.1 Å². The predicted octanol–water partition coefficient (Wildman–Crippen LogP) is 5.94. The molecule has 2 aromatic heterocycles. The minimum absolute atomic E-state index is 0.0886. The summed E-state index contributed by atoms with van der Waals surface area (Å²) in [4.78, 5) is 16.3. The van der Waals surface area contributed by atoms with Gasteiger partial charge in [0, 0.05) is 39.5 Å². The standard InChI is InChI=1S/C25H27N3O2S/c1-17(2)24-21(11-12-28(3)15-18-14-26-30-16-18)22-13-20(9-10-23(22)31-24)27-25(29)19-7-5-4-6-8-19/h4-10,13-14,16-17H,11-12,15H2,1-3H3,(H,27,29). The Morgan fingerprint density at radius 2 is 2.00 bits per heavy atom. The van der Waals surface area contributed by atoms with Crippen molar-refractivity contribution in [3.8, 4) is 0 Å². The minimum atomic E-state index is -0.0886. The van der Waals surface area contributed by atoms with Gasteiger partial charge >= 0.3 is 0 Å². The third kappa shape index (κ3) is 5.03. The van der Waals surface area contributed by atoms with E-state index in [1.807, 2.05) is 47.7 Å². The molecule has 0 atom stereocenters. The van der Waals surface area contributed by atoms with Gasteiger partial charge in [-0.05, 0) is 60.7 Å². The molecule has 0 aliphatic heterocycles. The van der Waals surface area contributed by atoms with Gasteiger partial charge in [-0.1, -0.05) is 37.2 Å². The van der Waals surface area contributed by atoms with Gasteiger partial charge in [-0.3, -0.25) is 4.79 Å². The lowest BCUT2D eigenvalue weighted by atomic mass is 10.0. The van der Waals surface area contributed by atoms with Crippen molar-refractivity contribution in [3.63, 3.8) is 0 Å². The van der Waals surface area contributed by atoms with Crippen molar-refractivity contribution < 1.29 is 9.32 Å². The lowest BCUT2D eigenvalue weighted by molar-refractivity contribution is 0.102. The Balaban J connectivity index is 1.56. The van der Waals surface area contributed by atoms with Crippen LogP contribution in [0.1, 0.15) is 46.1 Å². The molecule has 5 nitrogen and oxygen atoms in total. The maximum Gasteiger partial charge on any atom is 0.255 e. The Labute approximate surface area is 186 Å². The first-order chi connectivity index (χ1) is 15.0. The molecular weight excluding hydrogens is 406 g/mol. The van der Waals surface area contributed by atoms with Gasteiger partial charge in [-0.15, -0.1) is 11.3 Å². The van der Waals surface area contributed by atoms with Crippen molar-refractivity contribution in [1.82, 2.24) is 10.1 Å². The van der Waals surface area contributed by atoms with Gasteiger partial charge in [0.1, 0.15) is 6.26 Å². The lowest BCUT2D eigenvalue weighted by Gasteiger charge is -2.16. The monoisotopic (exact) mass is 433 g/mol. The molecule has 0 saturated heterocycles. The number of fused-ring (bicyclic) bond motifs is 1. The van der Waals surface area contributed by atoms with Crippen LogP contribution in [0.5, 0.6) is 0 Å². The number of likely N-dealkylation sites (N-methyl/N-ethyl adjacent to an activating group) is 1. The third-order valence-corrected chi connectivity index (χ3v) is 6.83. The van der Waals surface area contributed by atoms with E-state index in [1.54, 1.807) is 12.5 Å². The second-order valence-corrected chi connectivity index (χ2v) is 9.23. The molecule has 1 N–H and O–H groups in total. The molecule has 0 aliphatic rings. The molecule has 4 aromatic rings. The van der Waals surface area contributed by atoms with Crippen LogP contribution in [0.2, 0.25) is 0 Å². The molecule has 0 radical (unpaired) electrons.